The molecule has 0 spiro atoms. The summed E-state index contributed by atoms with van der Waals surface area (Å²) in [6, 6.07) is 5.46. The van der Waals surface area contributed by atoms with Gasteiger partial charge >= 0.3 is 6.18 Å². The summed E-state index contributed by atoms with van der Waals surface area (Å²) in [6.07, 6.45) is -4.14. The molecule has 4 nitrogen and oxygen atoms in total. The summed E-state index contributed by atoms with van der Waals surface area (Å²) in [5.74, 6) is -0.986. The lowest BCUT2D eigenvalue weighted by Gasteiger charge is -2.23. The number of carbonyl (C=O) groups is 1. The summed E-state index contributed by atoms with van der Waals surface area (Å²) in [6.45, 7) is 1.78. The number of carbonyl (C=O) groups excluding carboxylic acids is 1. The van der Waals surface area contributed by atoms with E-state index < -0.39 is 17.7 Å². The van der Waals surface area contributed by atoms with Crippen LogP contribution in [0.2, 0.25) is 0 Å². The summed E-state index contributed by atoms with van der Waals surface area (Å²) in [5.41, 5.74) is -0.443. The van der Waals surface area contributed by atoms with Gasteiger partial charge in [-0.3, -0.25) is 4.79 Å². The Kier molecular flexibility index (Phi) is 4.59. The molecule has 0 unspecified atom stereocenters. The topological polar surface area (TPSA) is 47.6 Å². The van der Waals surface area contributed by atoms with E-state index in [1.165, 1.54) is 12.1 Å². The van der Waals surface area contributed by atoms with Crippen LogP contribution in [-0.4, -0.2) is 38.4 Å². The van der Waals surface area contributed by atoms with Crippen LogP contribution in [0.25, 0.3) is 0 Å². The van der Waals surface area contributed by atoms with Gasteiger partial charge in [-0.05, 0) is 24.0 Å². The maximum Gasteiger partial charge on any atom is 0.416 e. The Bertz CT molecular complexity index is 570. The lowest BCUT2D eigenvalue weighted by atomic mass is 10.0. The Balaban J connectivity index is 1.58. The van der Waals surface area contributed by atoms with E-state index >= 15 is 0 Å². The van der Waals surface area contributed by atoms with Crippen molar-refractivity contribution in [3.63, 3.8) is 0 Å². The van der Waals surface area contributed by atoms with Crippen molar-refractivity contribution in [3.05, 3.63) is 35.4 Å². The number of nitrogens with one attached hydrogen (secondary N) is 1. The summed E-state index contributed by atoms with van der Waals surface area (Å²) in [4.78, 5) is 12.1. The number of alkyl halides is 3. The Hall–Kier alpha value is -1.60. The van der Waals surface area contributed by atoms with Crippen LogP contribution in [0.3, 0.4) is 0 Å². The predicted molar refractivity (Wildman–Crippen MR) is 75.9 cm³/mol. The van der Waals surface area contributed by atoms with Crippen LogP contribution in [0.5, 0.6) is 0 Å². The van der Waals surface area contributed by atoms with E-state index in [0.29, 0.717) is 32.8 Å². The Morgan fingerprint density at radius 1 is 1.26 bits per heavy atom. The lowest BCUT2D eigenvalue weighted by Crippen LogP contribution is -2.40. The Morgan fingerprint density at radius 3 is 2.74 bits per heavy atom. The van der Waals surface area contributed by atoms with Crippen molar-refractivity contribution in [2.75, 3.05) is 26.4 Å². The monoisotopic (exact) mass is 329 g/mol. The van der Waals surface area contributed by atoms with Gasteiger partial charge in [0.1, 0.15) is 0 Å². The molecular formula is C16H18F3NO3. The number of hydrogen-bond acceptors (Lipinski definition) is 3. The van der Waals surface area contributed by atoms with Crippen molar-refractivity contribution in [2.24, 2.45) is 5.92 Å². The maximum absolute atomic E-state index is 13.0. The van der Waals surface area contributed by atoms with Gasteiger partial charge in [-0.2, -0.15) is 13.2 Å². The number of ether oxygens (including phenoxy) is 2. The molecule has 1 aliphatic carbocycles. The molecule has 126 valence electrons. The molecule has 7 heteroatoms. The minimum Gasteiger partial charge on any atom is -0.376 e. The average Bonchev–Trinajstić information content (AvgIpc) is 3.33. The van der Waals surface area contributed by atoms with Gasteiger partial charge < -0.3 is 14.8 Å². The molecule has 0 bridgehead atoms. The fraction of sp³-hybridized carbons (Fsp3) is 0.562. The van der Waals surface area contributed by atoms with Crippen LogP contribution >= 0.6 is 0 Å². The Labute approximate surface area is 132 Å². The molecule has 1 N–H and O–H groups in total. The Morgan fingerprint density at radius 2 is 2.04 bits per heavy atom. The zero-order valence-electron chi connectivity index (χ0n) is 12.4. The minimum atomic E-state index is -4.40. The van der Waals surface area contributed by atoms with E-state index in [0.717, 1.165) is 6.07 Å². The quantitative estimate of drug-likeness (QED) is 0.922. The molecule has 1 aromatic rings. The number of hydrogen-bond donors (Lipinski definition) is 1. The van der Waals surface area contributed by atoms with Crippen LogP contribution in [0.15, 0.2) is 24.3 Å². The molecule has 3 atom stereocenters. The van der Waals surface area contributed by atoms with E-state index in [2.05, 4.69) is 5.32 Å². The van der Waals surface area contributed by atoms with Crippen LogP contribution in [0.1, 0.15) is 23.5 Å². The van der Waals surface area contributed by atoms with Crippen LogP contribution in [-0.2, 0) is 20.4 Å². The third-order valence-corrected chi connectivity index (χ3v) is 4.18. The third kappa shape index (κ3) is 3.84. The van der Waals surface area contributed by atoms with Gasteiger partial charge in [0.2, 0.25) is 5.91 Å². The number of halogens is 3. The molecule has 23 heavy (non-hydrogen) atoms. The highest BCUT2D eigenvalue weighted by atomic mass is 19.4. The number of benzene rings is 1. The second-order valence-electron chi connectivity index (χ2n) is 5.85. The van der Waals surface area contributed by atoms with Crippen molar-refractivity contribution in [1.82, 2.24) is 5.32 Å². The fourth-order valence-electron chi connectivity index (χ4n) is 2.91. The molecular weight excluding hydrogens is 311 g/mol. The largest absolute Gasteiger partial charge is 0.416 e. The number of amides is 1. The van der Waals surface area contributed by atoms with E-state index in [1.807, 2.05) is 0 Å². The fourth-order valence-corrected chi connectivity index (χ4v) is 2.91. The molecule has 1 saturated heterocycles. The molecule has 1 saturated carbocycles. The highest BCUT2D eigenvalue weighted by Crippen LogP contribution is 2.50. The van der Waals surface area contributed by atoms with Gasteiger partial charge in [0.25, 0.3) is 0 Å². The first-order valence-corrected chi connectivity index (χ1v) is 7.60. The first-order valence-electron chi connectivity index (χ1n) is 7.60. The van der Waals surface area contributed by atoms with Gasteiger partial charge in [-0.1, -0.05) is 18.2 Å². The van der Waals surface area contributed by atoms with Gasteiger partial charge in [-0.15, -0.1) is 0 Å². The van der Waals surface area contributed by atoms with Crippen LogP contribution < -0.4 is 5.32 Å². The first-order chi connectivity index (χ1) is 11.0. The molecule has 3 rings (SSSR count). The van der Waals surface area contributed by atoms with Crippen molar-refractivity contribution in [1.29, 1.82) is 0 Å². The van der Waals surface area contributed by atoms with E-state index in [1.54, 1.807) is 6.07 Å². The number of rotatable bonds is 4. The van der Waals surface area contributed by atoms with Gasteiger partial charge in [0, 0.05) is 12.5 Å². The average molecular weight is 329 g/mol. The van der Waals surface area contributed by atoms with Gasteiger partial charge in [0.05, 0.1) is 31.5 Å². The smallest absolute Gasteiger partial charge is 0.376 e. The maximum atomic E-state index is 13.0. The lowest BCUT2D eigenvalue weighted by molar-refractivity contribution is -0.138. The van der Waals surface area contributed by atoms with Crippen LogP contribution in [0.4, 0.5) is 13.2 Å². The summed E-state index contributed by atoms with van der Waals surface area (Å²) >= 11 is 0. The van der Waals surface area contributed by atoms with Crippen molar-refractivity contribution < 1.29 is 27.4 Å². The highest BCUT2D eigenvalue weighted by molar-refractivity contribution is 5.83. The zero-order chi connectivity index (χ0) is 16.4. The van der Waals surface area contributed by atoms with Crippen molar-refractivity contribution in [2.45, 2.75) is 24.6 Å². The summed E-state index contributed by atoms with van der Waals surface area (Å²) in [5, 5.41) is 2.75. The standard InChI is InChI=1S/C16H18F3NO3/c17-16(18,19)14-4-2-1-3-11(14)12-7-13(12)15(21)20-8-10-9-22-5-6-23-10/h1-4,10,12-13H,5-9H2,(H,20,21)/t10-,12+,13-/m1/s1. The second kappa shape index (κ2) is 6.49. The van der Waals surface area contributed by atoms with Gasteiger partial charge in [0.15, 0.2) is 0 Å². The zero-order valence-corrected chi connectivity index (χ0v) is 12.4. The summed E-state index contributed by atoms with van der Waals surface area (Å²) < 4.78 is 49.7. The highest BCUT2D eigenvalue weighted by Gasteiger charge is 2.47. The summed E-state index contributed by atoms with van der Waals surface area (Å²) in [7, 11) is 0. The second-order valence-corrected chi connectivity index (χ2v) is 5.85. The van der Waals surface area contributed by atoms with E-state index in [9.17, 15) is 18.0 Å². The molecule has 0 aromatic heterocycles. The van der Waals surface area contributed by atoms with E-state index in [-0.39, 0.29) is 23.5 Å². The molecule has 0 radical (unpaired) electrons. The molecule has 1 aliphatic heterocycles. The van der Waals surface area contributed by atoms with Crippen molar-refractivity contribution in [3.8, 4) is 0 Å². The minimum absolute atomic E-state index is 0.188. The van der Waals surface area contributed by atoms with Crippen LogP contribution in [0, 0.1) is 5.92 Å². The van der Waals surface area contributed by atoms with E-state index in [4.69, 9.17) is 9.47 Å². The predicted octanol–water partition coefficient (Wildman–Crippen LogP) is 2.34. The molecule has 2 fully saturated rings. The normalized spacial score (nSPS) is 27.5. The molecule has 1 amide bonds. The molecule has 2 aliphatic rings. The third-order valence-electron chi connectivity index (χ3n) is 4.18. The SMILES string of the molecule is O=C(NC[C@@H]1COCCO1)[C@@H]1C[C@H]1c1ccccc1C(F)(F)F. The molecule has 1 aromatic carbocycles. The van der Waals surface area contributed by atoms with Gasteiger partial charge in [-0.25, -0.2) is 0 Å². The first kappa shape index (κ1) is 16.3. The molecule has 1 heterocycles. The van der Waals surface area contributed by atoms with Crippen molar-refractivity contribution >= 4 is 5.91 Å².